The number of fused-ring (bicyclic) bond motifs is 1. The van der Waals surface area contributed by atoms with Crippen molar-refractivity contribution < 1.29 is 23.5 Å². The lowest BCUT2D eigenvalue weighted by molar-refractivity contribution is 0.0696. The van der Waals surface area contributed by atoms with Gasteiger partial charge in [-0.2, -0.15) is 0 Å². The Morgan fingerprint density at radius 3 is 2.18 bits per heavy atom. The molecule has 0 saturated heterocycles. The number of benzene rings is 5. The van der Waals surface area contributed by atoms with E-state index in [0.717, 1.165) is 45.3 Å². The number of carboxylic acids is 1. The van der Waals surface area contributed by atoms with Crippen LogP contribution in [0.15, 0.2) is 121 Å². The second-order valence-corrected chi connectivity index (χ2v) is 11.5. The molecule has 0 unspecified atom stereocenters. The maximum Gasteiger partial charge on any atom is 0.335 e. The molecule has 1 amide bonds. The molecule has 2 N–H and O–H groups in total. The Labute approximate surface area is 258 Å². The van der Waals surface area contributed by atoms with Crippen LogP contribution in [0.1, 0.15) is 44.7 Å². The van der Waals surface area contributed by atoms with Crippen molar-refractivity contribution in [2.75, 3.05) is 0 Å². The zero-order valence-corrected chi connectivity index (χ0v) is 24.1. The average molecular weight is 599 g/mol. The second-order valence-electron chi connectivity index (χ2n) is 11.5. The molecule has 45 heavy (non-hydrogen) atoms. The third-order valence-corrected chi connectivity index (χ3v) is 8.53. The van der Waals surface area contributed by atoms with Crippen LogP contribution >= 0.6 is 0 Å². The zero-order valence-electron chi connectivity index (χ0n) is 24.1. The molecule has 1 saturated carbocycles. The smallest absolute Gasteiger partial charge is 0.335 e. The molecule has 1 aliphatic rings. The van der Waals surface area contributed by atoms with Crippen molar-refractivity contribution in [2.45, 2.75) is 24.9 Å². The van der Waals surface area contributed by atoms with E-state index in [2.05, 4.69) is 29.6 Å². The van der Waals surface area contributed by atoms with Gasteiger partial charge in [0.25, 0.3) is 5.91 Å². The number of nitrogens with one attached hydrogen (secondary N) is 1. The highest BCUT2D eigenvalue weighted by Crippen LogP contribution is 2.46. The van der Waals surface area contributed by atoms with Crippen LogP contribution in [-0.2, 0) is 12.1 Å². The summed E-state index contributed by atoms with van der Waals surface area (Å²) in [6.45, 7) is 0.511. The van der Waals surface area contributed by atoms with Crippen LogP contribution in [-0.4, -0.2) is 21.6 Å². The van der Waals surface area contributed by atoms with Crippen molar-refractivity contribution >= 4 is 22.8 Å². The van der Waals surface area contributed by atoms with E-state index in [0.29, 0.717) is 36.1 Å². The van der Waals surface area contributed by atoms with E-state index in [1.54, 1.807) is 30.3 Å². The number of aromatic carboxylic acids is 1. The first-order chi connectivity index (χ1) is 21.8. The van der Waals surface area contributed by atoms with Gasteiger partial charge in [0.05, 0.1) is 22.2 Å². The molecule has 5 aromatic carbocycles. The van der Waals surface area contributed by atoms with Gasteiger partial charge < -0.3 is 15.0 Å². The molecule has 7 rings (SSSR count). The number of carboxylic acid groups (broad SMARTS) is 1. The van der Waals surface area contributed by atoms with Crippen molar-refractivity contribution in [3.63, 3.8) is 0 Å². The van der Waals surface area contributed by atoms with Gasteiger partial charge in [0.15, 0.2) is 11.6 Å². The van der Waals surface area contributed by atoms with Crippen molar-refractivity contribution in [3.05, 3.63) is 155 Å². The molecular weight excluding hydrogens is 570 g/mol. The summed E-state index contributed by atoms with van der Waals surface area (Å²) in [6, 6.07) is 34.2. The van der Waals surface area contributed by atoms with Crippen LogP contribution < -0.4 is 5.32 Å². The lowest BCUT2D eigenvalue weighted by Gasteiger charge is -2.20. The van der Waals surface area contributed by atoms with Crippen molar-refractivity contribution in [1.82, 2.24) is 9.88 Å². The Hall–Kier alpha value is -5.56. The predicted octanol–water partition coefficient (Wildman–Crippen LogP) is 8.42. The molecule has 0 spiro atoms. The van der Waals surface area contributed by atoms with Gasteiger partial charge in [-0.3, -0.25) is 4.79 Å². The molecule has 1 aromatic heterocycles. The third kappa shape index (κ3) is 5.49. The fourth-order valence-electron chi connectivity index (χ4n) is 6.00. The molecule has 0 radical (unpaired) electrons. The SMILES string of the molecule is O=C(O)c1ccc(C2(NC(=O)c3cc(-c4ccc(F)c(F)c4)cc4ccn(Cc5cccc(-c6ccccc6)c5)c34)CC2)cc1. The van der Waals surface area contributed by atoms with Gasteiger partial charge in [0.1, 0.15) is 0 Å². The first kappa shape index (κ1) is 28.2. The maximum atomic E-state index is 14.2. The first-order valence-electron chi connectivity index (χ1n) is 14.7. The monoisotopic (exact) mass is 598 g/mol. The average Bonchev–Trinajstić information content (AvgIpc) is 3.74. The molecule has 0 atom stereocenters. The topological polar surface area (TPSA) is 71.3 Å². The van der Waals surface area contributed by atoms with E-state index in [1.807, 2.05) is 53.2 Å². The standard InChI is InChI=1S/C38H28F2N2O3/c39-33-14-11-28(22-34(33)40)30-20-29-15-18-42(23-24-5-4-8-27(19-24)25-6-2-1-3-7-25)35(29)32(21-30)36(43)41-38(16-17-38)31-12-9-26(10-13-31)37(44)45/h1-15,18-22H,16-17,23H2,(H,41,43)(H,44,45). The zero-order chi connectivity index (χ0) is 31.1. The fraction of sp³-hybridized carbons (Fsp3) is 0.105. The summed E-state index contributed by atoms with van der Waals surface area (Å²) in [5, 5.41) is 13.3. The summed E-state index contributed by atoms with van der Waals surface area (Å²) in [4.78, 5) is 25.5. The van der Waals surface area contributed by atoms with Crippen molar-refractivity contribution in [2.24, 2.45) is 0 Å². The highest BCUT2D eigenvalue weighted by Gasteiger charge is 2.46. The number of nitrogens with zero attached hydrogens (tertiary/aromatic N) is 1. The molecule has 6 aromatic rings. The summed E-state index contributed by atoms with van der Waals surface area (Å²) >= 11 is 0. The number of carbonyl (C=O) groups excluding carboxylic acids is 1. The van der Waals surface area contributed by atoms with Crippen molar-refractivity contribution in [1.29, 1.82) is 0 Å². The van der Waals surface area contributed by atoms with Gasteiger partial charge in [0.2, 0.25) is 0 Å². The summed E-state index contributed by atoms with van der Waals surface area (Å²) in [5.74, 6) is -3.22. The number of hydrogen-bond acceptors (Lipinski definition) is 2. The maximum absolute atomic E-state index is 14.2. The quantitative estimate of drug-likeness (QED) is 0.185. The summed E-state index contributed by atoms with van der Waals surface area (Å²) < 4.78 is 30.0. The lowest BCUT2D eigenvalue weighted by Crippen LogP contribution is -2.35. The number of hydrogen-bond donors (Lipinski definition) is 2. The van der Waals surface area contributed by atoms with E-state index in [1.165, 1.54) is 6.07 Å². The number of halogens is 2. The van der Waals surface area contributed by atoms with Gasteiger partial charge >= 0.3 is 5.97 Å². The molecule has 1 heterocycles. The number of amides is 1. The minimum atomic E-state index is -1.01. The Morgan fingerprint density at radius 1 is 0.733 bits per heavy atom. The van der Waals surface area contributed by atoms with Crippen LogP contribution in [0.3, 0.4) is 0 Å². The van der Waals surface area contributed by atoms with Crippen LogP contribution in [0, 0.1) is 11.6 Å². The van der Waals surface area contributed by atoms with Crippen LogP contribution in [0.4, 0.5) is 8.78 Å². The molecule has 1 fully saturated rings. The summed E-state index contributed by atoms with van der Waals surface area (Å²) in [5.41, 5.74) is 5.84. The third-order valence-electron chi connectivity index (χ3n) is 8.53. The van der Waals surface area contributed by atoms with E-state index >= 15 is 0 Å². The normalized spacial score (nSPS) is 13.5. The molecule has 222 valence electrons. The Morgan fingerprint density at radius 2 is 1.47 bits per heavy atom. The highest BCUT2D eigenvalue weighted by atomic mass is 19.2. The predicted molar refractivity (Wildman–Crippen MR) is 170 cm³/mol. The van der Waals surface area contributed by atoms with Crippen molar-refractivity contribution in [3.8, 4) is 22.3 Å². The molecular formula is C38H28F2N2O3. The van der Waals surface area contributed by atoms with E-state index < -0.39 is 23.1 Å². The molecule has 5 nitrogen and oxygen atoms in total. The first-order valence-corrected chi connectivity index (χ1v) is 14.7. The number of aromatic nitrogens is 1. The molecule has 0 bridgehead atoms. The van der Waals surface area contributed by atoms with E-state index in [9.17, 15) is 23.5 Å². The lowest BCUT2D eigenvalue weighted by atomic mass is 9.98. The highest BCUT2D eigenvalue weighted by molar-refractivity contribution is 6.08. The van der Waals surface area contributed by atoms with Gasteiger partial charge in [-0.05, 0) is 94.8 Å². The Balaban J connectivity index is 1.29. The minimum absolute atomic E-state index is 0.177. The Kier molecular flexibility index (Phi) is 7.01. The second kappa shape index (κ2) is 11.2. The number of rotatable bonds is 8. The van der Waals surface area contributed by atoms with E-state index in [4.69, 9.17) is 0 Å². The summed E-state index contributed by atoms with van der Waals surface area (Å²) in [6.07, 6.45) is 3.36. The molecule has 7 heteroatoms. The van der Waals surface area contributed by atoms with Gasteiger partial charge in [-0.25, -0.2) is 13.6 Å². The minimum Gasteiger partial charge on any atom is -0.478 e. The number of carbonyl (C=O) groups is 2. The summed E-state index contributed by atoms with van der Waals surface area (Å²) in [7, 11) is 0. The molecule has 0 aliphatic heterocycles. The van der Waals surface area contributed by atoms with Crippen LogP contribution in [0.2, 0.25) is 0 Å². The van der Waals surface area contributed by atoms with E-state index in [-0.39, 0.29) is 11.5 Å². The van der Waals surface area contributed by atoms with Gasteiger partial charge in [-0.15, -0.1) is 0 Å². The molecule has 1 aliphatic carbocycles. The van der Waals surface area contributed by atoms with Crippen LogP contribution in [0.5, 0.6) is 0 Å². The van der Waals surface area contributed by atoms with Crippen LogP contribution in [0.25, 0.3) is 33.2 Å². The Bertz CT molecular complexity index is 2080. The largest absolute Gasteiger partial charge is 0.478 e. The van der Waals surface area contributed by atoms with Gasteiger partial charge in [0, 0.05) is 18.1 Å². The fourth-order valence-corrected chi connectivity index (χ4v) is 6.00. The van der Waals surface area contributed by atoms with Gasteiger partial charge in [-0.1, -0.05) is 66.7 Å².